The number of alkyl halides is 2. The summed E-state index contributed by atoms with van der Waals surface area (Å²) in [5.74, 6) is 0.207. The molecule has 0 atom stereocenters. The zero-order chi connectivity index (χ0) is 19.9. The average molecular weight is 387 g/mol. The lowest BCUT2D eigenvalue weighted by atomic mass is 9.86. The SMILES string of the molecule is N#Cc1ccnc(OC2CCC(C(=O)Nc3ccc(OC(F)F)cc3)CC2)c1. The molecule has 8 heteroatoms. The van der Waals surface area contributed by atoms with Crippen LogP contribution < -0.4 is 14.8 Å². The van der Waals surface area contributed by atoms with Gasteiger partial charge in [-0.25, -0.2) is 4.98 Å². The Balaban J connectivity index is 1.47. The molecular formula is C20H19F2N3O3. The normalized spacial score (nSPS) is 18.9. The van der Waals surface area contributed by atoms with Gasteiger partial charge in [-0.15, -0.1) is 0 Å². The Morgan fingerprint density at radius 1 is 1.18 bits per heavy atom. The molecule has 1 aliphatic rings. The molecule has 1 N–H and O–H groups in total. The molecule has 146 valence electrons. The molecular weight excluding hydrogens is 368 g/mol. The molecule has 28 heavy (non-hydrogen) atoms. The number of ether oxygens (including phenoxy) is 2. The number of hydrogen-bond acceptors (Lipinski definition) is 5. The van der Waals surface area contributed by atoms with Gasteiger partial charge in [-0.05, 0) is 56.0 Å². The fraction of sp³-hybridized carbons (Fsp3) is 0.350. The van der Waals surface area contributed by atoms with E-state index in [-0.39, 0.29) is 23.7 Å². The van der Waals surface area contributed by atoms with E-state index in [2.05, 4.69) is 15.0 Å². The van der Waals surface area contributed by atoms with Crippen molar-refractivity contribution in [1.29, 1.82) is 5.26 Å². The molecule has 1 fully saturated rings. The maximum Gasteiger partial charge on any atom is 0.387 e. The predicted octanol–water partition coefficient (Wildman–Crippen LogP) is 4.13. The van der Waals surface area contributed by atoms with Crippen molar-refractivity contribution in [2.45, 2.75) is 38.4 Å². The highest BCUT2D eigenvalue weighted by Gasteiger charge is 2.27. The van der Waals surface area contributed by atoms with Crippen molar-refractivity contribution >= 4 is 11.6 Å². The Morgan fingerprint density at radius 2 is 1.89 bits per heavy atom. The van der Waals surface area contributed by atoms with E-state index in [4.69, 9.17) is 10.00 Å². The first-order chi connectivity index (χ1) is 13.5. The average Bonchev–Trinajstić information content (AvgIpc) is 2.70. The monoisotopic (exact) mass is 387 g/mol. The summed E-state index contributed by atoms with van der Waals surface area (Å²) in [4.78, 5) is 16.5. The maximum atomic E-state index is 12.4. The fourth-order valence-electron chi connectivity index (χ4n) is 3.12. The number of hydrogen-bond donors (Lipinski definition) is 1. The van der Waals surface area contributed by atoms with Gasteiger partial charge in [0.15, 0.2) is 0 Å². The highest BCUT2D eigenvalue weighted by Crippen LogP contribution is 2.28. The van der Waals surface area contributed by atoms with Gasteiger partial charge < -0.3 is 14.8 Å². The van der Waals surface area contributed by atoms with Gasteiger partial charge in [-0.2, -0.15) is 14.0 Å². The third kappa shape index (κ3) is 5.39. The summed E-state index contributed by atoms with van der Waals surface area (Å²) in [5, 5.41) is 11.7. The van der Waals surface area contributed by atoms with Crippen LogP contribution in [-0.4, -0.2) is 23.6 Å². The lowest BCUT2D eigenvalue weighted by Crippen LogP contribution is -2.31. The minimum absolute atomic E-state index is 0.0414. The molecule has 6 nitrogen and oxygen atoms in total. The van der Waals surface area contributed by atoms with E-state index in [1.165, 1.54) is 30.5 Å². The second kappa shape index (κ2) is 9.13. The highest BCUT2D eigenvalue weighted by atomic mass is 19.3. The minimum atomic E-state index is -2.88. The largest absolute Gasteiger partial charge is 0.474 e. The molecule has 2 aromatic rings. The molecule has 1 aliphatic carbocycles. The number of nitriles is 1. The number of aromatic nitrogens is 1. The van der Waals surface area contributed by atoms with Crippen molar-refractivity contribution in [2.24, 2.45) is 5.92 Å². The quantitative estimate of drug-likeness (QED) is 0.806. The topological polar surface area (TPSA) is 84.2 Å². The summed E-state index contributed by atoms with van der Waals surface area (Å²) < 4.78 is 34.4. The van der Waals surface area contributed by atoms with Crippen molar-refractivity contribution < 1.29 is 23.0 Å². The molecule has 1 aromatic heterocycles. The highest BCUT2D eigenvalue weighted by molar-refractivity contribution is 5.92. The van der Waals surface area contributed by atoms with Crippen LogP contribution in [0.25, 0.3) is 0 Å². The van der Waals surface area contributed by atoms with E-state index < -0.39 is 6.61 Å². The first kappa shape index (κ1) is 19.5. The number of benzene rings is 1. The van der Waals surface area contributed by atoms with Gasteiger partial charge >= 0.3 is 6.61 Å². The summed E-state index contributed by atoms with van der Waals surface area (Å²) in [5.41, 5.74) is 1.02. The Kier molecular flexibility index (Phi) is 6.37. The van der Waals surface area contributed by atoms with E-state index in [1.807, 2.05) is 6.07 Å². The van der Waals surface area contributed by atoms with Crippen LogP contribution in [0.3, 0.4) is 0 Å². The maximum absolute atomic E-state index is 12.4. The van der Waals surface area contributed by atoms with Crippen LogP contribution >= 0.6 is 0 Å². The molecule has 0 bridgehead atoms. The van der Waals surface area contributed by atoms with E-state index in [1.54, 1.807) is 12.1 Å². The molecule has 0 radical (unpaired) electrons. The van der Waals surface area contributed by atoms with Crippen LogP contribution in [-0.2, 0) is 4.79 Å². The molecule has 1 heterocycles. The van der Waals surface area contributed by atoms with Gasteiger partial charge in [0.2, 0.25) is 11.8 Å². The number of rotatable bonds is 6. The van der Waals surface area contributed by atoms with Crippen LogP contribution in [0.1, 0.15) is 31.2 Å². The number of nitrogens with one attached hydrogen (secondary N) is 1. The van der Waals surface area contributed by atoms with Gasteiger partial charge in [0, 0.05) is 23.9 Å². The molecule has 1 aromatic carbocycles. The third-order valence-electron chi connectivity index (χ3n) is 4.54. The van der Waals surface area contributed by atoms with Crippen molar-refractivity contribution in [3.05, 3.63) is 48.2 Å². The van der Waals surface area contributed by atoms with Gasteiger partial charge in [0.1, 0.15) is 11.9 Å². The molecule has 0 saturated heterocycles. The van der Waals surface area contributed by atoms with Crippen molar-refractivity contribution in [3.8, 4) is 17.7 Å². The molecule has 1 amide bonds. The lowest BCUT2D eigenvalue weighted by molar-refractivity contribution is -0.121. The lowest BCUT2D eigenvalue weighted by Gasteiger charge is -2.28. The Hall–Kier alpha value is -3.21. The number of halogens is 2. The second-order valence-electron chi connectivity index (χ2n) is 6.48. The molecule has 0 spiro atoms. The molecule has 0 aliphatic heterocycles. The number of carbonyl (C=O) groups excluding carboxylic acids is 1. The number of nitrogens with zero attached hydrogens (tertiary/aromatic N) is 2. The van der Waals surface area contributed by atoms with Crippen molar-refractivity contribution in [3.63, 3.8) is 0 Å². The van der Waals surface area contributed by atoms with Gasteiger partial charge in [0.25, 0.3) is 0 Å². The summed E-state index contributed by atoms with van der Waals surface area (Å²) in [6, 6.07) is 11.1. The van der Waals surface area contributed by atoms with Crippen molar-refractivity contribution in [2.75, 3.05) is 5.32 Å². The Labute approximate surface area is 161 Å². The van der Waals surface area contributed by atoms with E-state index >= 15 is 0 Å². The first-order valence-electron chi connectivity index (χ1n) is 8.92. The van der Waals surface area contributed by atoms with Crippen LogP contribution in [0.15, 0.2) is 42.6 Å². The third-order valence-corrected chi connectivity index (χ3v) is 4.54. The summed E-state index contributed by atoms with van der Waals surface area (Å²) in [6.45, 7) is -2.88. The van der Waals surface area contributed by atoms with Crippen LogP contribution in [0.4, 0.5) is 14.5 Å². The number of pyridine rings is 1. The first-order valence-corrected chi connectivity index (χ1v) is 8.92. The van der Waals surface area contributed by atoms with E-state index in [0.717, 1.165) is 0 Å². The number of amides is 1. The second-order valence-corrected chi connectivity index (χ2v) is 6.48. The smallest absolute Gasteiger partial charge is 0.387 e. The minimum Gasteiger partial charge on any atom is -0.474 e. The Morgan fingerprint density at radius 3 is 2.54 bits per heavy atom. The van der Waals surface area contributed by atoms with E-state index in [9.17, 15) is 13.6 Å². The number of carbonyl (C=O) groups is 1. The fourth-order valence-corrected chi connectivity index (χ4v) is 3.12. The predicted molar refractivity (Wildman–Crippen MR) is 97.0 cm³/mol. The van der Waals surface area contributed by atoms with E-state index in [0.29, 0.717) is 42.8 Å². The molecule has 0 unspecified atom stereocenters. The summed E-state index contributed by atoms with van der Waals surface area (Å²) >= 11 is 0. The summed E-state index contributed by atoms with van der Waals surface area (Å²) in [7, 11) is 0. The number of anilines is 1. The zero-order valence-electron chi connectivity index (χ0n) is 15.0. The molecule has 3 rings (SSSR count). The van der Waals surface area contributed by atoms with Gasteiger partial charge in [-0.1, -0.05) is 0 Å². The molecule has 1 saturated carbocycles. The standard InChI is InChI=1S/C20H19F2N3O3/c21-20(22)28-17-7-3-15(4-8-17)25-19(26)14-1-5-16(6-2-14)27-18-11-13(12-23)9-10-24-18/h3-4,7-11,14,16,20H,1-2,5-6H2,(H,25,26). The van der Waals surface area contributed by atoms with Crippen LogP contribution in [0.5, 0.6) is 11.6 Å². The zero-order valence-corrected chi connectivity index (χ0v) is 15.0. The Bertz CT molecular complexity index is 845. The van der Waals surface area contributed by atoms with Gasteiger partial charge in [0.05, 0.1) is 11.6 Å². The van der Waals surface area contributed by atoms with Gasteiger partial charge in [-0.3, -0.25) is 4.79 Å². The van der Waals surface area contributed by atoms with Crippen molar-refractivity contribution in [1.82, 2.24) is 4.98 Å². The van der Waals surface area contributed by atoms with Crippen LogP contribution in [0, 0.1) is 17.2 Å². The van der Waals surface area contributed by atoms with Crippen LogP contribution in [0.2, 0.25) is 0 Å². The summed E-state index contributed by atoms with van der Waals surface area (Å²) in [6.07, 6.45) is 4.23.